The molecule has 0 aliphatic rings. The van der Waals surface area contributed by atoms with Crippen LogP contribution in [0, 0.1) is 0 Å². The molecule has 114 valence electrons. The summed E-state index contributed by atoms with van der Waals surface area (Å²) in [5.74, 6) is 0.824. The molecule has 21 heavy (non-hydrogen) atoms. The van der Waals surface area contributed by atoms with Crippen LogP contribution >= 0.6 is 0 Å². The van der Waals surface area contributed by atoms with Crippen LogP contribution in [0.3, 0.4) is 0 Å². The van der Waals surface area contributed by atoms with Crippen LogP contribution in [-0.2, 0) is 17.1 Å². The second-order valence-corrected chi connectivity index (χ2v) is 6.40. The Balaban J connectivity index is 2.27. The van der Waals surface area contributed by atoms with Crippen molar-refractivity contribution in [3.05, 3.63) is 24.4 Å². The molecule has 0 bridgehead atoms. The van der Waals surface area contributed by atoms with Crippen LogP contribution in [0.25, 0.3) is 0 Å². The smallest absolute Gasteiger partial charge is 0.316 e. The maximum absolute atomic E-state index is 12.3. The molecule has 9 heteroatoms. The van der Waals surface area contributed by atoms with E-state index in [9.17, 15) is 8.42 Å². The molecule has 0 aliphatic heterocycles. The Bertz CT molecular complexity index is 722. The van der Waals surface area contributed by atoms with Gasteiger partial charge in [-0.2, -0.15) is 8.42 Å². The molecule has 0 radical (unpaired) electrons. The first-order valence-electron chi connectivity index (χ1n) is 6.25. The summed E-state index contributed by atoms with van der Waals surface area (Å²) in [7, 11) is -0.578. The van der Waals surface area contributed by atoms with Crippen molar-refractivity contribution in [2.45, 2.75) is 24.8 Å². The molecule has 8 nitrogen and oxygen atoms in total. The van der Waals surface area contributed by atoms with Gasteiger partial charge in [0, 0.05) is 19.2 Å². The molecule has 1 N–H and O–H groups in total. The van der Waals surface area contributed by atoms with Crippen LogP contribution in [0.1, 0.15) is 25.6 Å². The van der Waals surface area contributed by atoms with Gasteiger partial charge in [-0.3, -0.25) is 4.72 Å². The van der Waals surface area contributed by atoms with E-state index in [4.69, 9.17) is 4.74 Å². The van der Waals surface area contributed by atoms with E-state index in [1.807, 2.05) is 13.8 Å². The third kappa shape index (κ3) is 3.30. The summed E-state index contributed by atoms with van der Waals surface area (Å²) in [4.78, 5) is 11.8. The van der Waals surface area contributed by atoms with Crippen LogP contribution in [0.15, 0.2) is 23.6 Å². The average molecular weight is 311 g/mol. The summed E-state index contributed by atoms with van der Waals surface area (Å²) in [6, 6.07) is 0.165. The van der Waals surface area contributed by atoms with E-state index < -0.39 is 10.0 Å². The number of nitrogens with one attached hydrogen (secondary N) is 1. The van der Waals surface area contributed by atoms with Crippen molar-refractivity contribution in [1.82, 2.24) is 19.5 Å². The van der Waals surface area contributed by atoms with Crippen molar-refractivity contribution in [2.24, 2.45) is 7.05 Å². The zero-order valence-corrected chi connectivity index (χ0v) is 13.0. The van der Waals surface area contributed by atoms with Gasteiger partial charge in [-0.15, -0.1) is 0 Å². The minimum atomic E-state index is -3.77. The molecule has 0 aromatic carbocycles. The minimum Gasteiger partial charge on any atom is -0.467 e. The summed E-state index contributed by atoms with van der Waals surface area (Å²) < 4.78 is 33.4. The van der Waals surface area contributed by atoms with Gasteiger partial charge in [-0.05, 0) is 0 Å². The number of aryl methyl sites for hydroxylation is 1. The Morgan fingerprint density at radius 2 is 1.90 bits per heavy atom. The number of imidazole rings is 1. The van der Waals surface area contributed by atoms with E-state index in [1.165, 1.54) is 25.7 Å². The van der Waals surface area contributed by atoms with E-state index in [0.717, 1.165) is 0 Å². The van der Waals surface area contributed by atoms with Gasteiger partial charge in [0.15, 0.2) is 5.03 Å². The molecule has 2 aromatic heterocycles. The maximum atomic E-state index is 12.3. The highest BCUT2D eigenvalue weighted by Crippen LogP contribution is 2.18. The number of anilines is 1. The maximum Gasteiger partial charge on any atom is 0.316 e. The minimum absolute atomic E-state index is 0.0375. The quantitative estimate of drug-likeness (QED) is 0.889. The van der Waals surface area contributed by atoms with Gasteiger partial charge in [0.1, 0.15) is 5.82 Å². The highest BCUT2D eigenvalue weighted by molar-refractivity contribution is 7.92. The molecule has 2 rings (SSSR count). The lowest BCUT2D eigenvalue weighted by Crippen LogP contribution is -2.14. The van der Waals surface area contributed by atoms with Gasteiger partial charge in [-0.25, -0.2) is 15.0 Å². The number of methoxy groups -OCH3 is 1. The zero-order chi connectivity index (χ0) is 15.6. The third-order valence-corrected chi connectivity index (χ3v) is 4.00. The molecule has 0 atom stereocenters. The van der Waals surface area contributed by atoms with Crippen LogP contribution in [0.5, 0.6) is 6.01 Å². The van der Waals surface area contributed by atoms with Crippen LogP contribution in [0.4, 0.5) is 5.69 Å². The second-order valence-electron chi connectivity index (χ2n) is 4.77. The summed E-state index contributed by atoms with van der Waals surface area (Å²) >= 11 is 0. The third-order valence-electron chi connectivity index (χ3n) is 2.74. The van der Waals surface area contributed by atoms with Gasteiger partial charge >= 0.3 is 6.01 Å². The monoisotopic (exact) mass is 311 g/mol. The fourth-order valence-electron chi connectivity index (χ4n) is 1.80. The van der Waals surface area contributed by atoms with Crippen molar-refractivity contribution in [3.63, 3.8) is 0 Å². The topological polar surface area (TPSA) is 99.0 Å². The molecule has 0 saturated carbocycles. The highest BCUT2D eigenvalue weighted by atomic mass is 32.2. The molecular weight excluding hydrogens is 294 g/mol. The van der Waals surface area contributed by atoms with Gasteiger partial charge in [0.25, 0.3) is 10.0 Å². The van der Waals surface area contributed by atoms with Crippen molar-refractivity contribution in [3.8, 4) is 6.01 Å². The second kappa shape index (κ2) is 5.68. The number of hydrogen-bond acceptors (Lipinski definition) is 6. The molecule has 2 heterocycles. The van der Waals surface area contributed by atoms with Crippen molar-refractivity contribution < 1.29 is 13.2 Å². The van der Waals surface area contributed by atoms with E-state index in [1.54, 1.807) is 11.6 Å². The fourth-order valence-corrected chi connectivity index (χ4v) is 2.83. The lowest BCUT2D eigenvalue weighted by atomic mass is 10.2. The summed E-state index contributed by atoms with van der Waals surface area (Å²) in [5.41, 5.74) is 0.243. The average Bonchev–Trinajstić information content (AvgIpc) is 2.82. The van der Waals surface area contributed by atoms with Gasteiger partial charge in [0.05, 0.1) is 25.2 Å². The Kier molecular flexibility index (Phi) is 4.12. The van der Waals surface area contributed by atoms with Crippen LogP contribution < -0.4 is 9.46 Å². The lowest BCUT2D eigenvalue weighted by molar-refractivity contribution is 0.380. The zero-order valence-electron chi connectivity index (χ0n) is 12.2. The normalized spacial score (nSPS) is 11.7. The molecule has 0 aliphatic carbocycles. The van der Waals surface area contributed by atoms with E-state index in [0.29, 0.717) is 5.82 Å². The largest absolute Gasteiger partial charge is 0.467 e. The highest BCUT2D eigenvalue weighted by Gasteiger charge is 2.21. The lowest BCUT2D eigenvalue weighted by Gasteiger charge is -2.05. The van der Waals surface area contributed by atoms with Crippen LogP contribution in [-0.4, -0.2) is 35.0 Å². The summed E-state index contributed by atoms with van der Waals surface area (Å²) in [6.07, 6.45) is 4.13. The van der Waals surface area contributed by atoms with Crippen molar-refractivity contribution in [2.75, 3.05) is 11.8 Å². The molecule has 0 amide bonds. The summed E-state index contributed by atoms with van der Waals surface area (Å²) in [5, 5.41) is -0.0375. The van der Waals surface area contributed by atoms with E-state index in [-0.39, 0.29) is 22.6 Å². The number of hydrogen-bond donors (Lipinski definition) is 1. The molecule has 0 unspecified atom stereocenters. The Morgan fingerprint density at radius 1 is 1.29 bits per heavy atom. The molecular formula is C12H17N5O3S. The number of sulfonamides is 1. The predicted octanol–water partition coefficient (Wildman–Crippen LogP) is 1.14. The first-order chi connectivity index (χ1) is 9.83. The molecule has 0 spiro atoms. The standard InChI is InChI=1S/C12H17N5O3S/c1-8(2)11-15-10(7-17(11)3)21(18,19)16-9-5-13-12(20-4)14-6-9/h5-8,16H,1-4H3. The van der Waals surface area contributed by atoms with Gasteiger partial charge in [0.2, 0.25) is 0 Å². The van der Waals surface area contributed by atoms with Crippen molar-refractivity contribution in [1.29, 1.82) is 0 Å². The molecule has 2 aromatic rings. The first-order valence-corrected chi connectivity index (χ1v) is 7.74. The number of rotatable bonds is 5. The SMILES string of the molecule is COc1ncc(NS(=O)(=O)c2cn(C)c(C(C)C)n2)cn1. The number of aromatic nitrogens is 4. The van der Waals surface area contributed by atoms with Gasteiger partial charge < -0.3 is 9.30 Å². The predicted molar refractivity (Wildman–Crippen MR) is 76.7 cm³/mol. The van der Waals surface area contributed by atoms with Crippen LogP contribution in [0.2, 0.25) is 0 Å². The Morgan fingerprint density at radius 3 is 2.38 bits per heavy atom. The van der Waals surface area contributed by atoms with Gasteiger partial charge in [-0.1, -0.05) is 13.8 Å². The Labute approximate surface area is 123 Å². The molecule has 0 fully saturated rings. The van der Waals surface area contributed by atoms with Crippen molar-refractivity contribution >= 4 is 15.7 Å². The van der Waals surface area contributed by atoms with E-state index in [2.05, 4.69) is 19.7 Å². The number of nitrogens with zero attached hydrogens (tertiary/aromatic N) is 4. The molecule has 0 saturated heterocycles. The van der Waals surface area contributed by atoms with E-state index >= 15 is 0 Å². The first kappa shape index (κ1) is 15.2. The summed E-state index contributed by atoms with van der Waals surface area (Å²) in [6.45, 7) is 3.90. The number of ether oxygens (including phenoxy) is 1. The fraction of sp³-hybridized carbons (Fsp3) is 0.417. The Hall–Kier alpha value is -2.16.